The molecule has 0 aliphatic rings. The largest absolute Gasteiger partial charge is 0.326 e. The van der Waals surface area contributed by atoms with Crippen LogP contribution in [-0.4, -0.2) is 11.8 Å². The van der Waals surface area contributed by atoms with E-state index in [4.69, 9.17) is 0 Å². The number of amides is 2. The van der Waals surface area contributed by atoms with Crippen molar-refractivity contribution >= 4 is 23.2 Å². The molecule has 0 aromatic heterocycles. The average molecular weight is 296 g/mol. The first-order valence-electron chi connectivity index (χ1n) is 7.18. The summed E-state index contributed by atoms with van der Waals surface area (Å²) >= 11 is 0. The number of carbonyl (C=O) groups is 2. The number of aryl methyl sites for hydroxylation is 3. The van der Waals surface area contributed by atoms with Gasteiger partial charge < -0.3 is 10.6 Å². The highest BCUT2D eigenvalue weighted by molar-refractivity contribution is 6.08. The molecule has 0 aliphatic carbocycles. The molecule has 0 fully saturated rings. The van der Waals surface area contributed by atoms with Gasteiger partial charge in [0.1, 0.15) is 6.42 Å². The van der Waals surface area contributed by atoms with Crippen molar-refractivity contribution < 1.29 is 9.59 Å². The summed E-state index contributed by atoms with van der Waals surface area (Å²) < 4.78 is 0. The number of nitrogens with one attached hydrogen (secondary N) is 2. The van der Waals surface area contributed by atoms with Gasteiger partial charge in [0.2, 0.25) is 11.8 Å². The molecule has 0 saturated heterocycles. The summed E-state index contributed by atoms with van der Waals surface area (Å²) in [6.07, 6.45) is -0.207. The smallest absolute Gasteiger partial charge is 0.233 e. The minimum atomic E-state index is -0.328. The normalized spacial score (nSPS) is 10.1. The van der Waals surface area contributed by atoms with Gasteiger partial charge in [0.25, 0.3) is 0 Å². The lowest BCUT2D eigenvalue weighted by Gasteiger charge is -2.13. The minimum Gasteiger partial charge on any atom is -0.326 e. The van der Waals surface area contributed by atoms with Crippen LogP contribution < -0.4 is 10.6 Å². The van der Waals surface area contributed by atoms with Crippen LogP contribution in [0.2, 0.25) is 0 Å². The summed E-state index contributed by atoms with van der Waals surface area (Å²) in [5.41, 5.74) is 4.60. The second-order valence-corrected chi connectivity index (χ2v) is 5.41. The molecule has 0 spiro atoms. The number of hydrogen-bond acceptors (Lipinski definition) is 2. The van der Waals surface area contributed by atoms with Crippen LogP contribution in [0.3, 0.4) is 0 Å². The Morgan fingerprint density at radius 2 is 1.41 bits per heavy atom. The van der Waals surface area contributed by atoms with Crippen molar-refractivity contribution in [1.82, 2.24) is 0 Å². The minimum absolute atomic E-state index is 0.207. The van der Waals surface area contributed by atoms with Gasteiger partial charge >= 0.3 is 0 Å². The van der Waals surface area contributed by atoms with Gasteiger partial charge in [0.05, 0.1) is 0 Å². The first-order chi connectivity index (χ1) is 10.5. The van der Waals surface area contributed by atoms with E-state index in [1.807, 2.05) is 51.1 Å². The monoisotopic (exact) mass is 296 g/mol. The third-order valence-corrected chi connectivity index (χ3v) is 3.32. The van der Waals surface area contributed by atoms with Crippen LogP contribution in [0.25, 0.3) is 0 Å². The van der Waals surface area contributed by atoms with Crippen LogP contribution >= 0.6 is 0 Å². The fraction of sp³-hybridized carbons (Fsp3) is 0.222. The molecule has 2 N–H and O–H groups in total. The number of benzene rings is 2. The maximum Gasteiger partial charge on any atom is 0.233 e. The van der Waals surface area contributed by atoms with E-state index >= 15 is 0 Å². The van der Waals surface area contributed by atoms with E-state index in [0.29, 0.717) is 5.69 Å². The highest BCUT2D eigenvalue weighted by Gasteiger charge is 2.12. The van der Waals surface area contributed by atoms with Gasteiger partial charge in [-0.2, -0.15) is 0 Å². The first kappa shape index (κ1) is 15.8. The maximum absolute atomic E-state index is 12.0. The topological polar surface area (TPSA) is 58.2 Å². The summed E-state index contributed by atoms with van der Waals surface area (Å²) in [5.74, 6) is -0.644. The van der Waals surface area contributed by atoms with Crippen molar-refractivity contribution in [1.29, 1.82) is 0 Å². The summed E-state index contributed by atoms with van der Waals surface area (Å²) in [4.78, 5) is 23.9. The highest BCUT2D eigenvalue weighted by Crippen LogP contribution is 2.22. The van der Waals surface area contributed by atoms with E-state index in [2.05, 4.69) is 10.6 Å². The predicted molar refractivity (Wildman–Crippen MR) is 89.0 cm³/mol. The molecule has 4 heteroatoms. The van der Waals surface area contributed by atoms with Crippen molar-refractivity contribution in [3.63, 3.8) is 0 Å². The molecule has 0 radical (unpaired) electrons. The van der Waals surface area contributed by atoms with Crippen LogP contribution in [0.5, 0.6) is 0 Å². The fourth-order valence-corrected chi connectivity index (χ4v) is 2.43. The molecule has 0 bridgehead atoms. The molecular formula is C18H20N2O2. The second kappa shape index (κ2) is 6.89. The van der Waals surface area contributed by atoms with Gasteiger partial charge in [0.15, 0.2) is 0 Å². The molecule has 114 valence electrons. The fourth-order valence-electron chi connectivity index (χ4n) is 2.43. The zero-order valence-corrected chi connectivity index (χ0v) is 13.1. The highest BCUT2D eigenvalue weighted by atomic mass is 16.2. The summed E-state index contributed by atoms with van der Waals surface area (Å²) in [5, 5.41) is 5.52. The zero-order valence-electron chi connectivity index (χ0n) is 13.1. The van der Waals surface area contributed by atoms with Crippen molar-refractivity contribution in [3.05, 3.63) is 59.2 Å². The summed E-state index contributed by atoms with van der Waals surface area (Å²) in [7, 11) is 0. The molecule has 4 nitrogen and oxygen atoms in total. The molecule has 2 aromatic rings. The number of anilines is 2. The number of carbonyl (C=O) groups excluding carboxylic acids is 2. The van der Waals surface area contributed by atoms with E-state index in [1.54, 1.807) is 12.1 Å². The Morgan fingerprint density at radius 3 is 2.00 bits per heavy atom. The van der Waals surface area contributed by atoms with Crippen molar-refractivity contribution in [2.45, 2.75) is 27.2 Å². The Hall–Kier alpha value is -2.62. The SMILES string of the molecule is Cc1cc(C)c(NC(=O)CC(=O)Nc2ccccc2)c(C)c1. The lowest BCUT2D eigenvalue weighted by Crippen LogP contribution is -2.22. The van der Waals surface area contributed by atoms with E-state index in [-0.39, 0.29) is 18.2 Å². The summed E-state index contributed by atoms with van der Waals surface area (Å²) in [6, 6.07) is 13.1. The zero-order chi connectivity index (χ0) is 16.1. The molecular weight excluding hydrogens is 276 g/mol. The van der Waals surface area contributed by atoms with E-state index in [1.165, 1.54) is 0 Å². The second-order valence-electron chi connectivity index (χ2n) is 5.41. The molecule has 22 heavy (non-hydrogen) atoms. The Balaban J connectivity index is 1.97. The molecule has 0 unspecified atom stereocenters. The van der Waals surface area contributed by atoms with E-state index in [9.17, 15) is 9.59 Å². The predicted octanol–water partition coefficient (Wildman–Crippen LogP) is 3.58. The maximum atomic E-state index is 12.0. The number of hydrogen-bond donors (Lipinski definition) is 2. The Kier molecular flexibility index (Phi) is 4.94. The molecule has 0 saturated carbocycles. The molecule has 0 heterocycles. The average Bonchev–Trinajstić information content (AvgIpc) is 2.43. The molecule has 2 rings (SSSR count). The van der Waals surface area contributed by atoms with Crippen LogP contribution in [0.4, 0.5) is 11.4 Å². The molecule has 2 amide bonds. The first-order valence-corrected chi connectivity index (χ1v) is 7.18. The van der Waals surface area contributed by atoms with Gasteiger partial charge in [-0.3, -0.25) is 9.59 Å². The van der Waals surface area contributed by atoms with Gasteiger partial charge in [-0.15, -0.1) is 0 Å². The number of para-hydroxylation sites is 1. The Bertz CT molecular complexity index is 670. The van der Waals surface area contributed by atoms with Crippen LogP contribution in [0.15, 0.2) is 42.5 Å². The Morgan fingerprint density at radius 1 is 0.864 bits per heavy atom. The van der Waals surface area contributed by atoms with Crippen LogP contribution in [0.1, 0.15) is 23.1 Å². The van der Waals surface area contributed by atoms with Gasteiger partial charge in [-0.05, 0) is 44.0 Å². The Labute approximate surface area is 130 Å². The van der Waals surface area contributed by atoms with Crippen molar-refractivity contribution in [3.8, 4) is 0 Å². The lowest BCUT2D eigenvalue weighted by molar-refractivity contribution is -0.123. The van der Waals surface area contributed by atoms with Crippen molar-refractivity contribution in [2.75, 3.05) is 10.6 Å². The van der Waals surface area contributed by atoms with Crippen LogP contribution in [0, 0.1) is 20.8 Å². The van der Waals surface area contributed by atoms with Gasteiger partial charge in [-0.1, -0.05) is 35.9 Å². The molecule has 0 aliphatic heterocycles. The third kappa shape index (κ3) is 4.19. The third-order valence-electron chi connectivity index (χ3n) is 3.32. The lowest BCUT2D eigenvalue weighted by atomic mass is 10.0. The van der Waals surface area contributed by atoms with E-state index < -0.39 is 0 Å². The van der Waals surface area contributed by atoms with Crippen LogP contribution in [-0.2, 0) is 9.59 Å². The quantitative estimate of drug-likeness (QED) is 0.847. The number of rotatable bonds is 4. The van der Waals surface area contributed by atoms with Gasteiger partial charge in [-0.25, -0.2) is 0 Å². The standard InChI is InChI=1S/C18H20N2O2/c1-12-9-13(2)18(14(3)10-12)20-17(22)11-16(21)19-15-7-5-4-6-8-15/h4-10H,11H2,1-3H3,(H,19,21)(H,20,22). The molecule has 0 atom stereocenters. The van der Waals surface area contributed by atoms with E-state index in [0.717, 1.165) is 22.4 Å². The molecule has 2 aromatic carbocycles. The van der Waals surface area contributed by atoms with Crippen molar-refractivity contribution in [2.24, 2.45) is 0 Å². The summed E-state index contributed by atoms with van der Waals surface area (Å²) in [6.45, 7) is 5.90. The van der Waals surface area contributed by atoms with Gasteiger partial charge in [0, 0.05) is 11.4 Å².